The fraction of sp³-hybridized carbons (Fsp3) is 0.364. The smallest absolute Gasteiger partial charge is 0.256 e. The highest BCUT2D eigenvalue weighted by Gasteiger charge is 2.26. The molecule has 1 aromatic rings. The van der Waals surface area contributed by atoms with Gasteiger partial charge < -0.3 is 15.7 Å². The molecule has 16 heavy (non-hydrogen) atoms. The van der Waals surface area contributed by atoms with Gasteiger partial charge in [0.2, 0.25) is 0 Å². The SMILES string of the molecule is Nc1ccc(Cl)cc1C(=O)N1CCC(O)C1. The zero-order valence-corrected chi connectivity index (χ0v) is 9.44. The summed E-state index contributed by atoms with van der Waals surface area (Å²) in [7, 11) is 0. The highest BCUT2D eigenvalue weighted by Crippen LogP contribution is 2.21. The number of likely N-dealkylation sites (tertiary alicyclic amines) is 1. The molecule has 1 heterocycles. The summed E-state index contributed by atoms with van der Waals surface area (Å²) in [6.45, 7) is 0.927. The van der Waals surface area contributed by atoms with E-state index < -0.39 is 6.10 Å². The molecule has 0 aromatic heterocycles. The first-order valence-electron chi connectivity index (χ1n) is 5.10. The Morgan fingerprint density at radius 1 is 1.56 bits per heavy atom. The lowest BCUT2D eigenvalue weighted by molar-refractivity contribution is 0.0766. The fourth-order valence-corrected chi connectivity index (χ4v) is 1.98. The van der Waals surface area contributed by atoms with Gasteiger partial charge in [0, 0.05) is 23.8 Å². The number of halogens is 1. The Bertz CT molecular complexity index is 422. The Morgan fingerprint density at radius 2 is 2.31 bits per heavy atom. The molecular formula is C11H13ClN2O2. The van der Waals surface area contributed by atoms with E-state index in [4.69, 9.17) is 17.3 Å². The third-order valence-corrected chi connectivity index (χ3v) is 2.93. The number of nitrogen functional groups attached to an aromatic ring is 1. The van der Waals surface area contributed by atoms with Crippen molar-refractivity contribution in [2.24, 2.45) is 0 Å². The topological polar surface area (TPSA) is 66.6 Å². The first kappa shape index (κ1) is 11.2. The van der Waals surface area contributed by atoms with Crippen molar-refractivity contribution in [2.75, 3.05) is 18.8 Å². The van der Waals surface area contributed by atoms with Gasteiger partial charge in [-0.2, -0.15) is 0 Å². The quantitative estimate of drug-likeness (QED) is 0.724. The molecule has 0 bridgehead atoms. The molecule has 4 nitrogen and oxygen atoms in total. The summed E-state index contributed by atoms with van der Waals surface area (Å²) in [6, 6.07) is 4.82. The second-order valence-corrected chi connectivity index (χ2v) is 4.36. The first-order valence-corrected chi connectivity index (χ1v) is 5.48. The van der Waals surface area contributed by atoms with Crippen molar-refractivity contribution in [3.63, 3.8) is 0 Å². The van der Waals surface area contributed by atoms with Crippen molar-refractivity contribution in [2.45, 2.75) is 12.5 Å². The predicted octanol–water partition coefficient (Wildman–Crippen LogP) is 1.13. The standard InChI is InChI=1S/C11H13ClN2O2/c12-7-1-2-10(13)9(5-7)11(16)14-4-3-8(15)6-14/h1-2,5,8,15H,3-4,6,13H2. The number of hydrogen-bond acceptors (Lipinski definition) is 3. The predicted molar refractivity (Wildman–Crippen MR) is 62.4 cm³/mol. The Hall–Kier alpha value is -1.26. The molecule has 2 rings (SSSR count). The molecule has 1 aliphatic rings. The van der Waals surface area contributed by atoms with Crippen LogP contribution in [0.1, 0.15) is 16.8 Å². The second kappa shape index (κ2) is 4.31. The van der Waals surface area contributed by atoms with Gasteiger partial charge in [0.05, 0.1) is 11.7 Å². The molecule has 1 amide bonds. The number of amides is 1. The van der Waals surface area contributed by atoms with E-state index in [1.807, 2.05) is 0 Å². The lowest BCUT2D eigenvalue weighted by Gasteiger charge is -2.16. The minimum atomic E-state index is -0.427. The van der Waals surface area contributed by atoms with Crippen LogP contribution in [0.25, 0.3) is 0 Å². The van der Waals surface area contributed by atoms with Crippen LogP contribution < -0.4 is 5.73 Å². The lowest BCUT2D eigenvalue weighted by atomic mass is 10.1. The average Bonchev–Trinajstić information content (AvgIpc) is 2.67. The van der Waals surface area contributed by atoms with Gasteiger partial charge in [0.15, 0.2) is 0 Å². The molecule has 1 fully saturated rings. The molecular weight excluding hydrogens is 228 g/mol. The van der Waals surface area contributed by atoms with Crippen molar-refractivity contribution in [3.8, 4) is 0 Å². The monoisotopic (exact) mass is 240 g/mol. The number of hydrogen-bond donors (Lipinski definition) is 2. The van der Waals surface area contributed by atoms with Crippen LogP contribution >= 0.6 is 11.6 Å². The number of aliphatic hydroxyl groups is 1. The number of carbonyl (C=O) groups excluding carboxylic acids is 1. The third-order valence-electron chi connectivity index (χ3n) is 2.70. The van der Waals surface area contributed by atoms with Gasteiger partial charge >= 0.3 is 0 Å². The Balaban J connectivity index is 2.23. The first-order chi connectivity index (χ1) is 7.58. The van der Waals surface area contributed by atoms with Crippen LogP contribution in [0.2, 0.25) is 5.02 Å². The van der Waals surface area contributed by atoms with Gasteiger partial charge in [0.1, 0.15) is 0 Å². The minimum Gasteiger partial charge on any atom is -0.398 e. The van der Waals surface area contributed by atoms with Crippen molar-refractivity contribution >= 4 is 23.2 Å². The second-order valence-electron chi connectivity index (χ2n) is 3.93. The van der Waals surface area contributed by atoms with Crippen molar-refractivity contribution in [1.82, 2.24) is 4.90 Å². The van der Waals surface area contributed by atoms with Gasteiger partial charge in [0.25, 0.3) is 5.91 Å². The fourth-order valence-electron chi connectivity index (χ4n) is 1.81. The van der Waals surface area contributed by atoms with Crippen molar-refractivity contribution in [3.05, 3.63) is 28.8 Å². The van der Waals surface area contributed by atoms with E-state index in [1.54, 1.807) is 23.1 Å². The summed E-state index contributed by atoms with van der Waals surface area (Å²) in [5.74, 6) is -0.170. The molecule has 1 aromatic carbocycles. The van der Waals surface area contributed by atoms with Crippen LogP contribution in [0.15, 0.2) is 18.2 Å². The van der Waals surface area contributed by atoms with Crippen LogP contribution in [-0.2, 0) is 0 Å². The van der Waals surface area contributed by atoms with Crippen molar-refractivity contribution in [1.29, 1.82) is 0 Å². The third kappa shape index (κ3) is 2.13. The molecule has 1 aliphatic heterocycles. The van der Waals surface area contributed by atoms with E-state index in [1.165, 1.54) is 0 Å². The number of anilines is 1. The van der Waals surface area contributed by atoms with Crippen LogP contribution in [0.4, 0.5) is 5.69 Å². The highest BCUT2D eigenvalue weighted by atomic mass is 35.5. The summed E-state index contributed by atoms with van der Waals surface area (Å²) in [5.41, 5.74) is 6.54. The summed E-state index contributed by atoms with van der Waals surface area (Å²) >= 11 is 5.82. The molecule has 1 saturated heterocycles. The number of β-amino-alcohol motifs (C(OH)–C–C–N with tert-alkyl or cyclic N) is 1. The Morgan fingerprint density at radius 3 is 2.94 bits per heavy atom. The number of benzene rings is 1. The lowest BCUT2D eigenvalue weighted by Crippen LogP contribution is -2.30. The van der Waals surface area contributed by atoms with Crippen LogP contribution in [0, 0.1) is 0 Å². The number of nitrogens with two attached hydrogens (primary N) is 1. The largest absolute Gasteiger partial charge is 0.398 e. The summed E-state index contributed by atoms with van der Waals surface area (Å²) < 4.78 is 0. The summed E-state index contributed by atoms with van der Waals surface area (Å²) in [6.07, 6.45) is 0.191. The Labute approximate surface area is 98.6 Å². The van der Waals surface area contributed by atoms with Crippen LogP contribution in [-0.4, -0.2) is 35.1 Å². The molecule has 0 spiro atoms. The molecule has 0 radical (unpaired) electrons. The van der Waals surface area contributed by atoms with Crippen molar-refractivity contribution < 1.29 is 9.90 Å². The van der Waals surface area contributed by atoms with Crippen LogP contribution in [0.3, 0.4) is 0 Å². The molecule has 0 aliphatic carbocycles. The normalized spacial score (nSPS) is 20.1. The molecule has 0 saturated carbocycles. The van der Waals surface area contributed by atoms with E-state index in [2.05, 4.69) is 0 Å². The maximum absolute atomic E-state index is 12.0. The van der Waals surface area contributed by atoms with E-state index in [9.17, 15) is 9.90 Å². The van der Waals surface area contributed by atoms with Gasteiger partial charge in [-0.05, 0) is 24.6 Å². The zero-order chi connectivity index (χ0) is 11.7. The zero-order valence-electron chi connectivity index (χ0n) is 8.69. The van der Waals surface area contributed by atoms with Crippen LogP contribution in [0.5, 0.6) is 0 Å². The Kier molecular flexibility index (Phi) is 3.03. The highest BCUT2D eigenvalue weighted by molar-refractivity contribution is 6.31. The number of carbonyl (C=O) groups is 1. The summed E-state index contributed by atoms with van der Waals surface area (Å²) in [4.78, 5) is 13.6. The van der Waals surface area contributed by atoms with E-state index in [-0.39, 0.29) is 5.91 Å². The maximum atomic E-state index is 12.0. The van der Waals surface area contributed by atoms with E-state index in [0.717, 1.165) is 0 Å². The van der Waals surface area contributed by atoms with Gasteiger partial charge in [-0.1, -0.05) is 11.6 Å². The molecule has 5 heteroatoms. The molecule has 1 unspecified atom stereocenters. The molecule has 86 valence electrons. The van der Waals surface area contributed by atoms with E-state index in [0.29, 0.717) is 35.8 Å². The maximum Gasteiger partial charge on any atom is 0.256 e. The van der Waals surface area contributed by atoms with Gasteiger partial charge in [-0.25, -0.2) is 0 Å². The molecule has 3 N–H and O–H groups in total. The van der Waals surface area contributed by atoms with Gasteiger partial charge in [-0.15, -0.1) is 0 Å². The summed E-state index contributed by atoms with van der Waals surface area (Å²) in [5, 5.41) is 9.85. The number of aliphatic hydroxyl groups excluding tert-OH is 1. The van der Waals surface area contributed by atoms with Gasteiger partial charge in [-0.3, -0.25) is 4.79 Å². The minimum absolute atomic E-state index is 0.170. The van der Waals surface area contributed by atoms with E-state index >= 15 is 0 Å². The average molecular weight is 241 g/mol. The molecule has 1 atom stereocenters. The number of nitrogens with zero attached hydrogens (tertiary/aromatic N) is 1. The number of rotatable bonds is 1.